The van der Waals surface area contributed by atoms with Crippen molar-refractivity contribution in [3.8, 4) is 11.5 Å². The van der Waals surface area contributed by atoms with Crippen LogP contribution in [0.3, 0.4) is 0 Å². The van der Waals surface area contributed by atoms with E-state index >= 15 is 0 Å². The molecule has 0 aromatic heterocycles. The van der Waals surface area contributed by atoms with E-state index in [0.717, 1.165) is 25.4 Å². The van der Waals surface area contributed by atoms with Crippen LogP contribution >= 0.6 is 0 Å². The van der Waals surface area contributed by atoms with Gasteiger partial charge >= 0.3 is 0 Å². The summed E-state index contributed by atoms with van der Waals surface area (Å²) in [6, 6.07) is 17.2. The molecule has 0 bridgehead atoms. The van der Waals surface area contributed by atoms with Gasteiger partial charge in [0.15, 0.2) is 5.75 Å². The Morgan fingerprint density at radius 1 is 0.920 bits per heavy atom. The quantitative estimate of drug-likeness (QED) is 0.831. The number of para-hydroxylation sites is 3. The van der Waals surface area contributed by atoms with Gasteiger partial charge in [0.2, 0.25) is 5.91 Å². The van der Waals surface area contributed by atoms with Gasteiger partial charge in [-0.2, -0.15) is 0 Å². The van der Waals surface area contributed by atoms with Crippen molar-refractivity contribution >= 4 is 11.6 Å². The predicted octanol–water partition coefficient (Wildman–Crippen LogP) is 4.68. The van der Waals surface area contributed by atoms with E-state index in [0.29, 0.717) is 17.9 Å². The SMILES string of the molecule is O=C(CCN1CCCCCC1)Nc1ccccc1Oc1ccccc1. The molecule has 1 amide bonds. The van der Waals surface area contributed by atoms with Crippen LogP contribution in [0.4, 0.5) is 5.69 Å². The van der Waals surface area contributed by atoms with Gasteiger partial charge in [-0.25, -0.2) is 0 Å². The summed E-state index contributed by atoms with van der Waals surface area (Å²) in [5.74, 6) is 1.46. The second-order valence-corrected chi connectivity index (χ2v) is 6.47. The van der Waals surface area contributed by atoms with Gasteiger partial charge in [-0.3, -0.25) is 4.79 Å². The zero-order chi connectivity index (χ0) is 17.3. The van der Waals surface area contributed by atoms with Gasteiger partial charge in [-0.1, -0.05) is 43.2 Å². The molecule has 25 heavy (non-hydrogen) atoms. The number of carbonyl (C=O) groups excluding carboxylic acids is 1. The van der Waals surface area contributed by atoms with Crippen LogP contribution in [0.1, 0.15) is 32.1 Å². The Bertz CT molecular complexity index is 665. The Balaban J connectivity index is 1.55. The highest BCUT2D eigenvalue weighted by molar-refractivity contribution is 5.92. The fourth-order valence-electron chi connectivity index (χ4n) is 3.11. The number of hydrogen-bond donors (Lipinski definition) is 1. The van der Waals surface area contributed by atoms with Crippen molar-refractivity contribution in [2.45, 2.75) is 32.1 Å². The molecule has 1 aliphatic rings. The van der Waals surface area contributed by atoms with E-state index in [1.54, 1.807) is 0 Å². The Morgan fingerprint density at radius 3 is 2.36 bits per heavy atom. The highest BCUT2D eigenvalue weighted by Gasteiger charge is 2.12. The van der Waals surface area contributed by atoms with E-state index in [9.17, 15) is 4.79 Å². The first-order valence-electron chi connectivity index (χ1n) is 9.15. The lowest BCUT2D eigenvalue weighted by atomic mass is 10.2. The van der Waals surface area contributed by atoms with Gasteiger partial charge in [0.1, 0.15) is 5.75 Å². The van der Waals surface area contributed by atoms with Crippen molar-refractivity contribution in [3.63, 3.8) is 0 Å². The molecular weight excluding hydrogens is 312 g/mol. The minimum Gasteiger partial charge on any atom is -0.455 e. The molecule has 1 N–H and O–H groups in total. The maximum Gasteiger partial charge on any atom is 0.225 e. The normalized spacial score (nSPS) is 15.4. The molecule has 1 aliphatic heterocycles. The fraction of sp³-hybridized carbons (Fsp3) is 0.381. The van der Waals surface area contributed by atoms with Gasteiger partial charge in [-0.05, 0) is 50.2 Å². The predicted molar refractivity (Wildman–Crippen MR) is 101 cm³/mol. The van der Waals surface area contributed by atoms with Crippen molar-refractivity contribution in [3.05, 3.63) is 54.6 Å². The number of anilines is 1. The van der Waals surface area contributed by atoms with Crippen molar-refractivity contribution in [1.29, 1.82) is 0 Å². The van der Waals surface area contributed by atoms with Crippen LogP contribution in [0.25, 0.3) is 0 Å². The number of carbonyl (C=O) groups is 1. The van der Waals surface area contributed by atoms with Gasteiger partial charge in [-0.15, -0.1) is 0 Å². The molecule has 4 heteroatoms. The van der Waals surface area contributed by atoms with Crippen LogP contribution < -0.4 is 10.1 Å². The molecule has 2 aromatic rings. The molecule has 0 aliphatic carbocycles. The highest BCUT2D eigenvalue weighted by Crippen LogP contribution is 2.29. The number of rotatable bonds is 6. The molecule has 1 fully saturated rings. The third-order valence-electron chi connectivity index (χ3n) is 4.49. The summed E-state index contributed by atoms with van der Waals surface area (Å²) in [6.07, 6.45) is 5.63. The van der Waals surface area contributed by atoms with Crippen molar-refractivity contribution in [2.75, 3.05) is 25.0 Å². The highest BCUT2D eigenvalue weighted by atomic mass is 16.5. The molecular formula is C21H26N2O2. The fourth-order valence-corrected chi connectivity index (χ4v) is 3.11. The summed E-state index contributed by atoms with van der Waals surface area (Å²) in [5, 5.41) is 3.00. The summed E-state index contributed by atoms with van der Waals surface area (Å²) in [7, 11) is 0. The molecule has 0 atom stereocenters. The molecule has 132 valence electrons. The van der Waals surface area contributed by atoms with Crippen molar-refractivity contribution in [2.24, 2.45) is 0 Å². The first-order valence-corrected chi connectivity index (χ1v) is 9.15. The maximum atomic E-state index is 12.4. The molecule has 2 aromatic carbocycles. The van der Waals surface area contributed by atoms with E-state index in [2.05, 4.69) is 10.2 Å². The number of nitrogens with zero attached hydrogens (tertiary/aromatic N) is 1. The Labute approximate surface area is 149 Å². The summed E-state index contributed by atoms with van der Waals surface area (Å²) >= 11 is 0. The van der Waals surface area contributed by atoms with Crippen LogP contribution in [-0.4, -0.2) is 30.4 Å². The zero-order valence-corrected chi connectivity index (χ0v) is 14.6. The van der Waals surface area contributed by atoms with Gasteiger partial charge in [0.05, 0.1) is 5.69 Å². The third kappa shape index (κ3) is 5.61. The van der Waals surface area contributed by atoms with Gasteiger partial charge in [0, 0.05) is 13.0 Å². The molecule has 0 saturated carbocycles. The van der Waals surface area contributed by atoms with Crippen molar-refractivity contribution in [1.82, 2.24) is 4.90 Å². The number of nitrogens with one attached hydrogen (secondary N) is 1. The number of hydrogen-bond acceptors (Lipinski definition) is 3. The van der Waals surface area contributed by atoms with Crippen LogP contribution in [0.15, 0.2) is 54.6 Å². The molecule has 0 unspecified atom stereocenters. The van der Waals surface area contributed by atoms with E-state index < -0.39 is 0 Å². The van der Waals surface area contributed by atoms with E-state index in [1.165, 1.54) is 25.7 Å². The van der Waals surface area contributed by atoms with Crippen LogP contribution in [0, 0.1) is 0 Å². The monoisotopic (exact) mass is 338 g/mol. The molecule has 1 saturated heterocycles. The summed E-state index contributed by atoms with van der Waals surface area (Å²) in [5.41, 5.74) is 0.715. The lowest BCUT2D eigenvalue weighted by Crippen LogP contribution is -2.28. The maximum absolute atomic E-state index is 12.4. The van der Waals surface area contributed by atoms with E-state index in [1.807, 2.05) is 54.6 Å². The first-order chi connectivity index (χ1) is 12.3. The molecule has 3 rings (SSSR count). The second kappa shape index (κ2) is 9.23. The number of ether oxygens (including phenoxy) is 1. The topological polar surface area (TPSA) is 41.6 Å². The number of benzene rings is 2. The zero-order valence-electron chi connectivity index (χ0n) is 14.6. The summed E-state index contributed by atoms with van der Waals surface area (Å²) < 4.78 is 5.90. The van der Waals surface area contributed by atoms with Crippen LogP contribution in [0.5, 0.6) is 11.5 Å². The molecule has 0 spiro atoms. The molecule has 4 nitrogen and oxygen atoms in total. The van der Waals surface area contributed by atoms with Crippen LogP contribution in [-0.2, 0) is 4.79 Å². The average molecular weight is 338 g/mol. The first kappa shape index (κ1) is 17.5. The van der Waals surface area contributed by atoms with E-state index in [-0.39, 0.29) is 5.91 Å². The standard InChI is InChI=1S/C21H26N2O2/c24-21(14-17-23-15-8-1-2-9-16-23)22-19-12-6-7-13-20(19)25-18-10-4-3-5-11-18/h3-7,10-13H,1-2,8-9,14-17H2,(H,22,24). The second-order valence-electron chi connectivity index (χ2n) is 6.47. The summed E-state index contributed by atoms with van der Waals surface area (Å²) in [6.45, 7) is 3.05. The average Bonchev–Trinajstić information content (AvgIpc) is 2.91. The number of likely N-dealkylation sites (tertiary alicyclic amines) is 1. The summed E-state index contributed by atoms with van der Waals surface area (Å²) in [4.78, 5) is 14.8. The van der Waals surface area contributed by atoms with Crippen molar-refractivity contribution < 1.29 is 9.53 Å². The largest absolute Gasteiger partial charge is 0.455 e. The molecule has 0 radical (unpaired) electrons. The minimum atomic E-state index is 0.0355. The minimum absolute atomic E-state index is 0.0355. The Hall–Kier alpha value is -2.33. The third-order valence-corrected chi connectivity index (χ3v) is 4.49. The van der Waals surface area contributed by atoms with Crippen LogP contribution in [0.2, 0.25) is 0 Å². The molecule has 1 heterocycles. The number of amides is 1. The lowest BCUT2D eigenvalue weighted by molar-refractivity contribution is -0.116. The Morgan fingerprint density at radius 2 is 1.60 bits per heavy atom. The smallest absolute Gasteiger partial charge is 0.225 e. The van der Waals surface area contributed by atoms with Gasteiger partial charge in [0.25, 0.3) is 0 Å². The Kier molecular flexibility index (Phi) is 6.46. The van der Waals surface area contributed by atoms with Gasteiger partial charge < -0.3 is 15.0 Å². The lowest BCUT2D eigenvalue weighted by Gasteiger charge is -2.19. The van der Waals surface area contributed by atoms with E-state index in [4.69, 9.17) is 4.74 Å².